The average molecular weight is 1910 g/mol. The van der Waals surface area contributed by atoms with Crippen LogP contribution < -0.4 is 43.2 Å². The first kappa shape index (κ1) is 110. The van der Waals surface area contributed by atoms with Crippen LogP contribution in [0.4, 0.5) is 0 Å². The number of ether oxygens (including phenoxy) is 13. The van der Waals surface area contributed by atoms with Gasteiger partial charge in [-0.1, -0.05) is 34.9 Å². The van der Waals surface area contributed by atoms with E-state index >= 15 is 4.79 Å². The van der Waals surface area contributed by atoms with E-state index in [0.717, 1.165) is 0 Å². The van der Waals surface area contributed by atoms with E-state index in [1.165, 1.54) is 32.4 Å². The molecule has 3 unspecified atom stereocenters. The molecule has 3 aromatic heterocycles. The van der Waals surface area contributed by atoms with E-state index in [1.54, 1.807) is 34.2 Å². The fourth-order valence-electron chi connectivity index (χ4n) is 14.8. The molecule has 3 aromatic rings. The second kappa shape index (κ2) is 58.2. The molecule has 8 heterocycles. The number of aromatic nitrogens is 9. The van der Waals surface area contributed by atoms with E-state index in [0.29, 0.717) is 67.8 Å². The molecule has 0 bridgehead atoms. The largest absolute Gasteiger partial charge is 0.472 e. The number of nitrogens with one attached hydrogen (secondary N) is 7. The molecule has 131 heavy (non-hydrogen) atoms. The second-order valence-electron chi connectivity index (χ2n) is 31.8. The lowest BCUT2D eigenvalue weighted by atomic mass is 9.97. The molecule has 4 amide bonds. The van der Waals surface area contributed by atoms with Gasteiger partial charge in [-0.3, -0.25) is 49.2 Å². The van der Waals surface area contributed by atoms with Gasteiger partial charge in [0.25, 0.3) is 0 Å². The number of unbranched alkanes of at least 4 members (excludes halogenated alkanes) is 4. The number of phosphoric acid groups is 1. The number of phosphoric ester groups is 1. The summed E-state index contributed by atoms with van der Waals surface area (Å²) in [4.78, 5) is 65.4. The van der Waals surface area contributed by atoms with Crippen LogP contribution in [0.1, 0.15) is 96.1 Å². The summed E-state index contributed by atoms with van der Waals surface area (Å²) in [7, 11) is -4.53. The number of amides is 4. The number of aliphatic hydroxyl groups is 14. The first-order chi connectivity index (χ1) is 62.9. The summed E-state index contributed by atoms with van der Waals surface area (Å²) in [6.07, 6.45) is -15.1. The molecule has 750 valence electrons. The first-order valence-electron chi connectivity index (χ1n) is 43.7. The third-order valence-electron chi connectivity index (χ3n) is 21.5. The average Bonchev–Trinajstić information content (AvgIpc) is 1.37. The van der Waals surface area contributed by atoms with Crippen LogP contribution in [-0.2, 0) is 134 Å². The standard InChI is InChI=1S/C76H136N19O35P/c1-45(100)80-59-67(108)63(104)55(41-96)126-73(59)121-29-25-116-21-14-78-33-49(84-77)36-92(37-52-40-95(90-87-52)18-24-119-28-32-124-76-62(83-48(4)103)70(111)66(107)58(44-99)129-76)53(71(112)79-13-8-5-6-10-19-125-131(114,115)130-54-12-20-120-72(54)113)11-7-9-15-91(34-50-38-93(88-85-50)16-22-117-26-30-122-74-60(81-46(2)101)68(109)64(105)56(42-97)127-74)35-51-39-94(89-86-51)17-23-118-27-31-123-75-61(82-47(3)102)69(110)65(106)57(43-98)128-75/h33,38-40,46,53-70,72-76,78,81,84,96-99,101,104-111,113H,5-32,34-37,41-44,77H2,1-4H3,(H,79,112)(H,80,100)(H,82,102)(H,83,103)(H,114,115)/b49-33-/t46?,53-,54?,55+,56+,57+,58+,59+,60+,61+,62+,63-,64-,65-,66-,67+,68+,69+,70+,72-,73+,74+,75+,76+/m0/s1. The van der Waals surface area contributed by atoms with Gasteiger partial charge in [-0.15, -0.1) is 15.3 Å². The topological polar surface area (TPSA) is 736 Å². The number of hydrogen-bond acceptors (Lipinski definition) is 46. The second-order valence-corrected chi connectivity index (χ2v) is 33.2. The van der Waals surface area contributed by atoms with Crippen molar-refractivity contribution < 1.29 is 171 Å². The number of nitrogens with two attached hydrogens (primary N) is 1. The number of nitrogens with zero attached hydrogens (tertiary/aromatic N) is 11. The molecule has 0 aromatic carbocycles. The molecule has 0 saturated carbocycles. The Hall–Kier alpha value is -6.49. The van der Waals surface area contributed by atoms with Crippen LogP contribution in [0, 0.1) is 0 Å². The van der Waals surface area contributed by atoms with Gasteiger partial charge in [-0.25, -0.2) is 18.6 Å². The van der Waals surface area contributed by atoms with Crippen LogP contribution in [0.5, 0.6) is 0 Å². The summed E-state index contributed by atoms with van der Waals surface area (Å²) in [5.41, 5.74) is 4.66. The van der Waals surface area contributed by atoms with Gasteiger partial charge in [0.15, 0.2) is 31.5 Å². The molecule has 0 radical (unpaired) electrons. The predicted molar refractivity (Wildman–Crippen MR) is 444 cm³/mol. The normalized spacial score (nSPS) is 28.7. The van der Waals surface area contributed by atoms with E-state index < -0.39 is 199 Å². The van der Waals surface area contributed by atoms with Crippen molar-refractivity contribution in [1.29, 1.82) is 0 Å². The molecule has 8 rings (SSSR count). The van der Waals surface area contributed by atoms with Gasteiger partial charge in [-0.2, -0.15) is 0 Å². The molecular weight excluding hydrogens is 1770 g/mol. The smallest absolute Gasteiger partial charge is 0.394 e. The molecule has 0 spiro atoms. The van der Waals surface area contributed by atoms with E-state index in [2.05, 4.69) is 73.2 Å². The predicted octanol–water partition coefficient (Wildman–Crippen LogP) is -11.0. The maximum atomic E-state index is 15.2. The summed E-state index contributed by atoms with van der Waals surface area (Å²) in [5, 5.41) is 187. The summed E-state index contributed by atoms with van der Waals surface area (Å²) >= 11 is 0. The Morgan fingerprint density at radius 2 is 0.947 bits per heavy atom. The molecule has 54 nitrogen and oxygen atoms in total. The van der Waals surface area contributed by atoms with Crippen molar-refractivity contribution in [3.05, 3.63) is 47.6 Å². The Bertz CT molecular complexity index is 3820. The third kappa shape index (κ3) is 36.8. The van der Waals surface area contributed by atoms with Gasteiger partial charge in [0.05, 0.1) is 173 Å². The summed E-state index contributed by atoms with van der Waals surface area (Å²) in [6, 6.07) is -5.44. The van der Waals surface area contributed by atoms with Crippen molar-refractivity contribution in [2.45, 2.75) is 266 Å². The highest BCUT2D eigenvalue weighted by atomic mass is 31.2. The molecule has 55 heteroatoms. The van der Waals surface area contributed by atoms with E-state index in [-0.39, 0.29) is 170 Å². The van der Waals surface area contributed by atoms with Gasteiger partial charge in [0.2, 0.25) is 23.6 Å². The number of hydrogen-bond donors (Lipinski definition) is 23. The minimum atomic E-state index is -4.53. The SMILES string of the molecule is CC(=O)N[C@H]1[C@H](OCCOCCN/C=C(/CN(Cc2cn(CCOCCO[C@@H]3O[C@H](CO)[C@H](O)[C@H](O)[C@H]3NC(C)=O)nn2)[C@@H](CCCCN(Cc2cn(CCOCCO[C@@H]3O[C@H](CO)[C@H](O)[C@H](O)[C@H]3NC(C)=O)nn2)Cc2cn(CCOCCO[C@@H]3O[C@H](CO)[C@H](O)[C@H](O)[C@H]3NC(C)O)nn2)C(=O)NCCCCCCOP(=O)(O)OC2CCO[C@@H]2O)NN)O[C@H](CO)[C@H](O)[C@@H]1O. The van der Waals surface area contributed by atoms with Crippen LogP contribution in [0.25, 0.3) is 0 Å². The fraction of sp³-hybridized carbons (Fsp3) is 0.842. The van der Waals surface area contributed by atoms with Crippen molar-refractivity contribution in [2.24, 2.45) is 5.84 Å². The van der Waals surface area contributed by atoms with Crippen LogP contribution in [0.2, 0.25) is 0 Å². The number of carbonyl (C=O) groups excluding carboxylic acids is 4. The van der Waals surface area contributed by atoms with Gasteiger partial charge in [0, 0.05) is 91.3 Å². The highest BCUT2D eigenvalue weighted by molar-refractivity contribution is 7.47. The van der Waals surface area contributed by atoms with Crippen LogP contribution in [-0.4, -0.2) is 447 Å². The molecular formula is C76H136N19O35P. The minimum Gasteiger partial charge on any atom is -0.394 e. The monoisotopic (exact) mass is 1910 g/mol. The Balaban J connectivity index is 0.971. The zero-order valence-corrected chi connectivity index (χ0v) is 74.8. The lowest BCUT2D eigenvalue weighted by Crippen LogP contribution is -2.65. The van der Waals surface area contributed by atoms with Crippen molar-refractivity contribution in [2.75, 3.05) is 145 Å². The van der Waals surface area contributed by atoms with E-state index in [9.17, 15) is 95.3 Å². The summed E-state index contributed by atoms with van der Waals surface area (Å²) in [6.45, 7) is 4.74. The van der Waals surface area contributed by atoms with Crippen molar-refractivity contribution in [3.8, 4) is 0 Å². The van der Waals surface area contributed by atoms with Crippen LogP contribution in [0.15, 0.2) is 30.5 Å². The van der Waals surface area contributed by atoms with E-state index in [4.69, 9.17) is 76.5 Å². The minimum absolute atomic E-state index is 0.00324. The Morgan fingerprint density at radius 1 is 0.534 bits per heavy atom. The zero-order valence-electron chi connectivity index (χ0n) is 73.9. The molecule has 25 atom stereocenters. The maximum absolute atomic E-state index is 15.2. The highest BCUT2D eigenvalue weighted by Crippen LogP contribution is 2.46. The molecule has 5 saturated heterocycles. The Morgan fingerprint density at radius 3 is 1.35 bits per heavy atom. The van der Waals surface area contributed by atoms with Crippen molar-refractivity contribution in [1.82, 2.24) is 92.1 Å². The number of rotatable bonds is 64. The van der Waals surface area contributed by atoms with Crippen LogP contribution >= 0.6 is 7.82 Å². The van der Waals surface area contributed by atoms with Gasteiger partial charge in [-0.05, 0) is 39.2 Å². The number of hydrazine groups is 1. The Labute approximate surface area is 755 Å². The van der Waals surface area contributed by atoms with Crippen LogP contribution in [0.3, 0.4) is 0 Å². The van der Waals surface area contributed by atoms with Gasteiger partial charge >= 0.3 is 7.82 Å². The number of carbonyl (C=O) groups is 4. The number of aliphatic hydroxyl groups excluding tert-OH is 14. The third-order valence-corrected chi connectivity index (χ3v) is 22.5. The molecule has 24 N–H and O–H groups in total. The summed E-state index contributed by atoms with van der Waals surface area (Å²) < 4.78 is 102. The fourth-order valence-corrected chi connectivity index (χ4v) is 15.8. The lowest BCUT2D eigenvalue weighted by molar-refractivity contribution is -0.275. The molecule has 5 aliphatic rings. The van der Waals surface area contributed by atoms with Gasteiger partial charge < -0.3 is 170 Å². The van der Waals surface area contributed by atoms with E-state index in [1.807, 2.05) is 4.90 Å². The Kier molecular flexibility index (Phi) is 48.8. The maximum Gasteiger partial charge on any atom is 0.472 e. The van der Waals surface area contributed by atoms with Crippen molar-refractivity contribution >= 4 is 31.5 Å². The lowest BCUT2D eigenvalue weighted by Gasteiger charge is -2.42. The zero-order chi connectivity index (χ0) is 94.9. The van der Waals surface area contributed by atoms with Gasteiger partial charge in [0.1, 0.15) is 104 Å². The molecule has 5 aliphatic heterocycles. The molecule has 5 fully saturated rings. The van der Waals surface area contributed by atoms with Crippen molar-refractivity contribution in [3.63, 3.8) is 0 Å². The first-order valence-corrected chi connectivity index (χ1v) is 45.2. The quantitative estimate of drug-likeness (QED) is 0.00820. The molecule has 0 aliphatic carbocycles. The highest BCUT2D eigenvalue weighted by Gasteiger charge is 2.50. The summed E-state index contributed by atoms with van der Waals surface area (Å²) in [5.74, 6) is 4.36.